The third-order valence-corrected chi connectivity index (χ3v) is 3.27. The predicted octanol–water partition coefficient (Wildman–Crippen LogP) is 4.80. The van der Waals surface area contributed by atoms with E-state index >= 15 is 0 Å². The van der Waals surface area contributed by atoms with Gasteiger partial charge in [0, 0.05) is 11.9 Å². The first-order valence-electron chi connectivity index (χ1n) is 6.68. The number of aromatic nitrogens is 1. The molecule has 0 saturated heterocycles. The molecule has 0 aliphatic rings. The zero-order valence-electron chi connectivity index (χ0n) is 11.3. The molecule has 1 N–H and O–H groups in total. The van der Waals surface area contributed by atoms with Gasteiger partial charge in [0.25, 0.3) is 0 Å². The molecule has 1 aromatic carbocycles. The Kier molecular flexibility index (Phi) is 4.59. The van der Waals surface area contributed by atoms with E-state index in [-0.39, 0.29) is 5.82 Å². The van der Waals surface area contributed by atoms with Gasteiger partial charge in [0.2, 0.25) is 0 Å². The molecule has 0 spiro atoms. The van der Waals surface area contributed by atoms with Crippen molar-refractivity contribution in [1.29, 1.82) is 0 Å². The van der Waals surface area contributed by atoms with Crippen molar-refractivity contribution in [3.05, 3.63) is 34.6 Å². The average Bonchev–Trinajstić information content (AvgIpc) is 2.37. The number of fused-ring (bicyclic) bond motifs is 1. The zero-order valence-corrected chi connectivity index (χ0v) is 12.0. The number of halogens is 2. The smallest absolute Gasteiger partial charge is 0.129 e. The van der Waals surface area contributed by atoms with E-state index in [0.29, 0.717) is 10.5 Å². The first-order valence-corrected chi connectivity index (χ1v) is 7.06. The standard InChI is InChI=1S/C15H18ClFN2/c1-3-5-10-7-11-8-12(17)9-13(16)14(11)19-15(10)18-6-4-2/h7-9H,3-6H2,1-2H3,(H,18,19). The lowest BCUT2D eigenvalue weighted by atomic mass is 10.1. The van der Waals surface area contributed by atoms with Crippen LogP contribution in [-0.2, 0) is 6.42 Å². The van der Waals surface area contributed by atoms with Crippen molar-refractivity contribution in [2.45, 2.75) is 33.1 Å². The molecule has 0 bridgehead atoms. The molecule has 0 fully saturated rings. The van der Waals surface area contributed by atoms with Crippen molar-refractivity contribution in [2.75, 3.05) is 11.9 Å². The predicted molar refractivity (Wildman–Crippen MR) is 79.5 cm³/mol. The number of rotatable bonds is 5. The zero-order chi connectivity index (χ0) is 13.8. The molecule has 0 saturated carbocycles. The summed E-state index contributed by atoms with van der Waals surface area (Å²) >= 11 is 6.07. The topological polar surface area (TPSA) is 24.9 Å². The van der Waals surface area contributed by atoms with Gasteiger partial charge in [0.05, 0.1) is 10.5 Å². The lowest BCUT2D eigenvalue weighted by molar-refractivity contribution is 0.629. The fourth-order valence-electron chi connectivity index (χ4n) is 2.11. The van der Waals surface area contributed by atoms with Crippen LogP contribution in [0.25, 0.3) is 10.9 Å². The van der Waals surface area contributed by atoms with Gasteiger partial charge in [-0.3, -0.25) is 0 Å². The SMILES string of the molecule is CCCNc1nc2c(Cl)cc(F)cc2cc1CCC. The molecule has 0 unspecified atom stereocenters. The van der Waals surface area contributed by atoms with E-state index in [4.69, 9.17) is 11.6 Å². The molecule has 0 aliphatic heterocycles. The van der Waals surface area contributed by atoms with Crippen LogP contribution in [0.15, 0.2) is 18.2 Å². The van der Waals surface area contributed by atoms with E-state index in [9.17, 15) is 4.39 Å². The minimum Gasteiger partial charge on any atom is -0.370 e. The van der Waals surface area contributed by atoms with Crippen molar-refractivity contribution in [1.82, 2.24) is 4.98 Å². The summed E-state index contributed by atoms with van der Waals surface area (Å²) in [5.74, 6) is 0.542. The van der Waals surface area contributed by atoms with Gasteiger partial charge in [0.15, 0.2) is 0 Å². The Labute approximate surface area is 118 Å². The lowest BCUT2D eigenvalue weighted by Gasteiger charge is -2.12. The monoisotopic (exact) mass is 280 g/mol. The number of nitrogens with one attached hydrogen (secondary N) is 1. The van der Waals surface area contributed by atoms with Crippen LogP contribution in [0.1, 0.15) is 32.3 Å². The summed E-state index contributed by atoms with van der Waals surface area (Å²) in [5.41, 5.74) is 1.77. The number of benzene rings is 1. The summed E-state index contributed by atoms with van der Waals surface area (Å²) in [4.78, 5) is 4.56. The summed E-state index contributed by atoms with van der Waals surface area (Å²) in [5, 5.41) is 4.44. The van der Waals surface area contributed by atoms with E-state index in [1.165, 1.54) is 12.1 Å². The van der Waals surface area contributed by atoms with Gasteiger partial charge >= 0.3 is 0 Å². The molecule has 102 valence electrons. The number of aryl methyl sites for hydroxylation is 1. The molecular formula is C15H18ClFN2. The van der Waals surface area contributed by atoms with Gasteiger partial charge in [-0.25, -0.2) is 9.37 Å². The van der Waals surface area contributed by atoms with Gasteiger partial charge in [0.1, 0.15) is 11.6 Å². The molecule has 0 atom stereocenters. The number of nitrogens with zero attached hydrogens (tertiary/aromatic N) is 1. The number of pyridine rings is 1. The summed E-state index contributed by atoms with van der Waals surface area (Å²) in [6, 6.07) is 4.77. The van der Waals surface area contributed by atoms with Crippen LogP contribution in [0.5, 0.6) is 0 Å². The number of hydrogen-bond donors (Lipinski definition) is 1. The summed E-state index contributed by atoms with van der Waals surface area (Å²) < 4.78 is 13.4. The quantitative estimate of drug-likeness (QED) is 0.851. The van der Waals surface area contributed by atoms with E-state index in [1.54, 1.807) is 0 Å². The molecule has 0 radical (unpaired) electrons. The molecule has 1 aromatic heterocycles. The van der Waals surface area contributed by atoms with Crippen LogP contribution in [-0.4, -0.2) is 11.5 Å². The van der Waals surface area contributed by atoms with Crippen molar-refractivity contribution in [2.24, 2.45) is 0 Å². The first-order chi connectivity index (χ1) is 9.15. The molecule has 0 amide bonds. The highest BCUT2D eigenvalue weighted by Gasteiger charge is 2.10. The fraction of sp³-hybridized carbons (Fsp3) is 0.400. The number of hydrogen-bond acceptors (Lipinski definition) is 2. The third-order valence-electron chi connectivity index (χ3n) is 2.98. The maximum atomic E-state index is 13.4. The van der Waals surface area contributed by atoms with E-state index < -0.39 is 0 Å². The maximum absolute atomic E-state index is 13.4. The summed E-state index contributed by atoms with van der Waals surface area (Å²) in [6.45, 7) is 5.09. The Morgan fingerprint density at radius 2 is 2.00 bits per heavy atom. The first kappa shape index (κ1) is 14.1. The van der Waals surface area contributed by atoms with Gasteiger partial charge in [-0.15, -0.1) is 0 Å². The molecule has 1 heterocycles. The van der Waals surface area contributed by atoms with Gasteiger partial charge in [-0.2, -0.15) is 0 Å². The minimum absolute atomic E-state index is 0.323. The third kappa shape index (κ3) is 3.16. The van der Waals surface area contributed by atoms with Gasteiger partial charge in [-0.05, 0) is 36.6 Å². The highest BCUT2D eigenvalue weighted by atomic mass is 35.5. The molecule has 2 aromatic rings. The Morgan fingerprint density at radius 3 is 2.68 bits per heavy atom. The van der Waals surface area contributed by atoms with Crippen LogP contribution in [0.3, 0.4) is 0 Å². The van der Waals surface area contributed by atoms with E-state index in [1.807, 2.05) is 6.07 Å². The molecule has 19 heavy (non-hydrogen) atoms. The van der Waals surface area contributed by atoms with E-state index in [2.05, 4.69) is 24.1 Å². The second kappa shape index (κ2) is 6.20. The van der Waals surface area contributed by atoms with Gasteiger partial charge in [-0.1, -0.05) is 31.9 Å². The Balaban J connectivity index is 2.55. The highest BCUT2D eigenvalue weighted by molar-refractivity contribution is 6.35. The second-order valence-corrected chi connectivity index (χ2v) is 5.04. The van der Waals surface area contributed by atoms with Gasteiger partial charge < -0.3 is 5.32 Å². The fourth-order valence-corrected chi connectivity index (χ4v) is 2.37. The van der Waals surface area contributed by atoms with Crippen molar-refractivity contribution in [3.63, 3.8) is 0 Å². The minimum atomic E-state index is -0.323. The largest absolute Gasteiger partial charge is 0.370 e. The lowest BCUT2D eigenvalue weighted by Crippen LogP contribution is -2.06. The summed E-state index contributed by atoms with van der Waals surface area (Å²) in [6.07, 6.45) is 2.97. The van der Waals surface area contributed by atoms with Crippen molar-refractivity contribution < 1.29 is 4.39 Å². The molecule has 4 heteroatoms. The van der Waals surface area contributed by atoms with Crippen LogP contribution in [0, 0.1) is 5.82 Å². The Bertz CT molecular complexity index is 584. The van der Waals surface area contributed by atoms with Crippen LogP contribution < -0.4 is 5.32 Å². The van der Waals surface area contributed by atoms with Crippen molar-refractivity contribution >= 4 is 28.3 Å². The molecule has 0 aliphatic carbocycles. The van der Waals surface area contributed by atoms with Crippen LogP contribution in [0.4, 0.5) is 10.2 Å². The van der Waals surface area contributed by atoms with E-state index in [0.717, 1.165) is 42.6 Å². The normalized spacial score (nSPS) is 10.9. The second-order valence-electron chi connectivity index (χ2n) is 4.63. The van der Waals surface area contributed by atoms with Crippen LogP contribution in [0.2, 0.25) is 5.02 Å². The molecule has 2 rings (SSSR count). The average molecular weight is 281 g/mol. The van der Waals surface area contributed by atoms with Crippen LogP contribution >= 0.6 is 11.6 Å². The van der Waals surface area contributed by atoms with Crippen molar-refractivity contribution in [3.8, 4) is 0 Å². The molecule has 2 nitrogen and oxygen atoms in total. The molecular weight excluding hydrogens is 263 g/mol. The Morgan fingerprint density at radius 1 is 1.21 bits per heavy atom. The summed E-state index contributed by atoms with van der Waals surface area (Å²) in [7, 11) is 0. The maximum Gasteiger partial charge on any atom is 0.129 e. The number of anilines is 1. The Hall–Kier alpha value is -1.35. The highest BCUT2D eigenvalue weighted by Crippen LogP contribution is 2.28.